The number of rotatable bonds is 3. The lowest BCUT2D eigenvalue weighted by molar-refractivity contribution is 0.00320. The number of fused-ring (bicyclic) bond motifs is 1. The molecule has 1 aromatic heterocycles. The lowest BCUT2D eigenvalue weighted by atomic mass is 10.3. The Morgan fingerprint density at radius 1 is 1.87 bits per heavy atom. The summed E-state index contributed by atoms with van der Waals surface area (Å²) >= 11 is 0. The Morgan fingerprint density at radius 2 is 2.73 bits per heavy atom. The van der Waals surface area contributed by atoms with E-state index in [2.05, 4.69) is 16.3 Å². The van der Waals surface area contributed by atoms with Gasteiger partial charge in [-0.1, -0.05) is 5.92 Å². The van der Waals surface area contributed by atoms with Gasteiger partial charge in [0.2, 0.25) is 5.88 Å². The van der Waals surface area contributed by atoms with Crippen LogP contribution in [-0.4, -0.2) is 36.1 Å². The van der Waals surface area contributed by atoms with Gasteiger partial charge in [0.05, 0.1) is 12.7 Å². The van der Waals surface area contributed by atoms with E-state index in [4.69, 9.17) is 15.9 Å². The minimum atomic E-state index is -0.0156. The van der Waals surface area contributed by atoms with E-state index in [-0.39, 0.29) is 6.10 Å². The molecular weight excluding hydrogens is 194 g/mol. The molecule has 5 heteroatoms. The molecule has 1 unspecified atom stereocenters. The van der Waals surface area contributed by atoms with Crippen LogP contribution in [0.25, 0.3) is 0 Å². The molecule has 0 spiro atoms. The highest BCUT2D eigenvalue weighted by atomic mass is 16.5. The van der Waals surface area contributed by atoms with E-state index in [9.17, 15) is 0 Å². The van der Waals surface area contributed by atoms with E-state index in [1.165, 1.54) is 0 Å². The van der Waals surface area contributed by atoms with E-state index in [1.54, 1.807) is 10.9 Å². The highest BCUT2D eigenvalue weighted by Crippen LogP contribution is 2.27. The quantitative estimate of drug-likeness (QED) is 0.726. The van der Waals surface area contributed by atoms with Crippen molar-refractivity contribution in [2.75, 3.05) is 25.6 Å². The molecule has 1 atom stereocenters. The third-order valence-electron chi connectivity index (χ3n) is 2.25. The van der Waals surface area contributed by atoms with Gasteiger partial charge in [0.1, 0.15) is 25.0 Å². The van der Waals surface area contributed by atoms with Crippen molar-refractivity contribution >= 4 is 5.69 Å². The molecule has 0 saturated carbocycles. The van der Waals surface area contributed by atoms with Crippen molar-refractivity contribution in [3.63, 3.8) is 0 Å². The van der Waals surface area contributed by atoms with Crippen LogP contribution in [0.3, 0.4) is 0 Å². The van der Waals surface area contributed by atoms with Crippen LogP contribution in [0.5, 0.6) is 5.88 Å². The average molecular weight is 207 g/mol. The molecule has 80 valence electrons. The zero-order chi connectivity index (χ0) is 10.7. The predicted octanol–water partition coefficient (Wildman–Crippen LogP) is 0.336. The number of hydrogen-bond acceptors (Lipinski definition) is 4. The van der Waals surface area contributed by atoms with E-state index in [1.807, 2.05) is 7.05 Å². The average Bonchev–Trinajstić information content (AvgIpc) is 2.68. The molecule has 0 saturated heterocycles. The lowest BCUT2D eigenvalue weighted by Crippen LogP contribution is -2.33. The summed E-state index contributed by atoms with van der Waals surface area (Å²) in [5, 5.41) is 7.19. The summed E-state index contributed by atoms with van der Waals surface area (Å²) in [5.74, 6) is 3.20. The summed E-state index contributed by atoms with van der Waals surface area (Å²) in [6, 6.07) is 0. The molecular formula is C10H13N3O2. The summed E-state index contributed by atoms with van der Waals surface area (Å²) in [6.45, 7) is 1.50. The molecule has 2 heterocycles. The number of nitrogens with one attached hydrogen (secondary N) is 1. The highest BCUT2D eigenvalue weighted by molar-refractivity contribution is 5.51. The summed E-state index contributed by atoms with van der Waals surface area (Å²) in [6.07, 6.45) is 6.84. The molecule has 0 radical (unpaired) electrons. The van der Waals surface area contributed by atoms with Crippen molar-refractivity contribution in [2.45, 2.75) is 12.6 Å². The van der Waals surface area contributed by atoms with Crippen molar-refractivity contribution < 1.29 is 9.47 Å². The summed E-state index contributed by atoms with van der Waals surface area (Å²) in [5.41, 5.74) is 0.894. The lowest BCUT2D eigenvalue weighted by Gasteiger charge is -2.24. The smallest absolute Gasteiger partial charge is 0.236 e. The van der Waals surface area contributed by atoms with Gasteiger partial charge >= 0.3 is 0 Å². The van der Waals surface area contributed by atoms with Gasteiger partial charge in [-0.2, -0.15) is 5.10 Å². The fourth-order valence-corrected chi connectivity index (χ4v) is 1.51. The minimum absolute atomic E-state index is 0.0156. The maximum absolute atomic E-state index is 5.54. The van der Waals surface area contributed by atoms with Crippen molar-refractivity contribution in [1.82, 2.24) is 9.78 Å². The van der Waals surface area contributed by atoms with Crippen LogP contribution in [0.2, 0.25) is 0 Å². The van der Waals surface area contributed by atoms with Crippen molar-refractivity contribution in [3.05, 3.63) is 6.20 Å². The first-order valence-electron chi connectivity index (χ1n) is 4.76. The molecule has 1 aliphatic heterocycles. The van der Waals surface area contributed by atoms with Gasteiger partial charge in [0.15, 0.2) is 0 Å². The number of aromatic nitrogens is 2. The molecule has 0 amide bonds. The maximum Gasteiger partial charge on any atom is 0.236 e. The summed E-state index contributed by atoms with van der Waals surface area (Å²) in [4.78, 5) is 0. The van der Waals surface area contributed by atoms with E-state index < -0.39 is 0 Å². The van der Waals surface area contributed by atoms with Crippen LogP contribution in [0.15, 0.2) is 6.20 Å². The van der Waals surface area contributed by atoms with Crippen molar-refractivity contribution in [1.29, 1.82) is 0 Å². The first-order valence-corrected chi connectivity index (χ1v) is 4.76. The van der Waals surface area contributed by atoms with Gasteiger partial charge in [-0.15, -0.1) is 6.42 Å². The van der Waals surface area contributed by atoms with Gasteiger partial charge in [-0.3, -0.25) is 0 Å². The Kier molecular flexibility index (Phi) is 2.79. The first-order chi connectivity index (χ1) is 7.35. The second kappa shape index (κ2) is 4.24. The number of terminal acetylenes is 1. The van der Waals surface area contributed by atoms with Gasteiger partial charge in [0.25, 0.3) is 0 Å². The zero-order valence-corrected chi connectivity index (χ0v) is 8.56. The topological polar surface area (TPSA) is 48.3 Å². The van der Waals surface area contributed by atoms with Gasteiger partial charge in [-0.25, -0.2) is 4.68 Å². The van der Waals surface area contributed by atoms with E-state index in [0.29, 0.717) is 19.8 Å². The monoisotopic (exact) mass is 207 g/mol. The van der Waals surface area contributed by atoms with Crippen LogP contribution in [0, 0.1) is 12.3 Å². The molecule has 5 nitrogen and oxygen atoms in total. The number of hydrogen-bond donors (Lipinski definition) is 1. The molecule has 1 aliphatic rings. The van der Waals surface area contributed by atoms with Gasteiger partial charge in [-0.05, 0) is 0 Å². The number of ether oxygens (including phenoxy) is 2. The normalized spacial score (nSPS) is 18.8. The Balaban J connectivity index is 2.05. The Morgan fingerprint density at radius 3 is 3.47 bits per heavy atom. The van der Waals surface area contributed by atoms with E-state index >= 15 is 0 Å². The van der Waals surface area contributed by atoms with Crippen LogP contribution in [-0.2, 0) is 11.3 Å². The highest BCUT2D eigenvalue weighted by Gasteiger charge is 2.23. The second-order valence-corrected chi connectivity index (χ2v) is 3.24. The molecule has 0 aromatic carbocycles. The first kappa shape index (κ1) is 9.87. The molecule has 0 aliphatic carbocycles. The third-order valence-corrected chi connectivity index (χ3v) is 2.25. The van der Waals surface area contributed by atoms with Crippen molar-refractivity contribution in [3.8, 4) is 18.2 Å². The van der Waals surface area contributed by atoms with Crippen molar-refractivity contribution in [2.24, 2.45) is 0 Å². The van der Waals surface area contributed by atoms with Crippen LogP contribution >= 0.6 is 0 Å². The van der Waals surface area contributed by atoms with Gasteiger partial charge in [0, 0.05) is 7.05 Å². The second-order valence-electron chi connectivity index (χ2n) is 3.24. The van der Waals surface area contributed by atoms with Crippen LogP contribution in [0.4, 0.5) is 5.69 Å². The Labute approximate surface area is 88.4 Å². The molecule has 2 rings (SSSR count). The Hall–Kier alpha value is -1.67. The molecule has 15 heavy (non-hydrogen) atoms. The van der Waals surface area contributed by atoms with Crippen LogP contribution < -0.4 is 10.1 Å². The third kappa shape index (κ3) is 1.90. The largest absolute Gasteiger partial charge is 0.474 e. The Bertz CT molecular complexity index is 381. The molecule has 0 fully saturated rings. The summed E-state index contributed by atoms with van der Waals surface area (Å²) < 4.78 is 12.7. The SMILES string of the molecule is C#CCOC1COc2c(NC)cnn2C1. The maximum atomic E-state index is 5.54. The van der Waals surface area contributed by atoms with E-state index in [0.717, 1.165) is 11.6 Å². The molecule has 1 aromatic rings. The predicted molar refractivity (Wildman–Crippen MR) is 55.8 cm³/mol. The van der Waals surface area contributed by atoms with Crippen LogP contribution in [0.1, 0.15) is 0 Å². The fraction of sp³-hybridized carbons (Fsp3) is 0.500. The van der Waals surface area contributed by atoms with Gasteiger partial charge < -0.3 is 14.8 Å². The molecule has 1 N–H and O–H groups in total. The fourth-order valence-electron chi connectivity index (χ4n) is 1.51. The number of anilines is 1. The summed E-state index contributed by atoms with van der Waals surface area (Å²) in [7, 11) is 1.84. The molecule has 0 bridgehead atoms. The number of nitrogens with zero attached hydrogens (tertiary/aromatic N) is 2. The minimum Gasteiger partial charge on any atom is -0.474 e. The zero-order valence-electron chi connectivity index (χ0n) is 8.56. The standard InChI is InChI=1S/C10H13N3O2/c1-3-4-14-8-6-13-10(15-7-8)9(11-2)5-12-13/h1,5,8,11H,4,6-7H2,2H3.